The van der Waals surface area contributed by atoms with Crippen LogP contribution in [0, 0.1) is 0 Å². The van der Waals surface area contributed by atoms with Crippen LogP contribution >= 0.6 is 0 Å². The quantitative estimate of drug-likeness (QED) is 0.0657. The first-order valence-corrected chi connectivity index (χ1v) is 16.8. The Hall–Kier alpha value is -1.71. The van der Waals surface area contributed by atoms with Gasteiger partial charge in [-0.25, -0.2) is 0 Å². The number of aliphatic hydroxyl groups excluding tert-OH is 7. The third kappa shape index (κ3) is 9.63. The molecule has 0 spiro atoms. The van der Waals surface area contributed by atoms with Crippen LogP contribution in [0.3, 0.4) is 0 Å². The van der Waals surface area contributed by atoms with Gasteiger partial charge in [0.2, 0.25) is 12.2 Å². The molecule has 0 aromatic rings. The maximum absolute atomic E-state index is 12.7. The maximum Gasteiger partial charge on any atom is 0.249 e. The zero-order valence-corrected chi connectivity index (χ0v) is 27.6. The van der Waals surface area contributed by atoms with E-state index in [1.807, 2.05) is 0 Å². The average molecular weight is 726 g/mol. The van der Waals surface area contributed by atoms with Crippen LogP contribution in [0.25, 0.3) is 0 Å². The molecular formula is C29H55N7O14. The first-order chi connectivity index (χ1) is 23.8. The van der Waals surface area contributed by atoms with Crippen molar-refractivity contribution in [3.05, 3.63) is 11.8 Å². The molecule has 1 aliphatic carbocycles. The highest BCUT2D eigenvalue weighted by molar-refractivity contribution is 5.80. The molecule has 21 nitrogen and oxygen atoms in total. The summed E-state index contributed by atoms with van der Waals surface area (Å²) in [6.45, 7) is -0.321. The van der Waals surface area contributed by atoms with Gasteiger partial charge in [0.05, 0.1) is 37.9 Å². The van der Waals surface area contributed by atoms with Crippen molar-refractivity contribution in [1.29, 1.82) is 0 Å². The zero-order valence-electron chi connectivity index (χ0n) is 27.6. The number of rotatable bonds is 16. The number of carbonyl (C=O) groups excluding carboxylic acids is 1. The van der Waals surface area contributed by atoms with Crippen LogP contribution < -0.4 is 39.3 Å². The molecule has 0 aromatic heterocycles. The van der Waals surface area contributed by atoms with Crippen LogP contribution in [0.2, 0.25) is 0 Å². The molecule has 0 bridgehead atoms. The predicted molar refractivity (Wildman–Crippen MR) is 170 cm³/mol. The van der Waals surface area contributed by atoms with Gasteiger partial charge in [0.1, 0.15) is 66.8 Å². The van der Waals surface area contributed by atoms with Crippen molar-refractivity contribution in [3.63, 3.8) is 0 Å². The Bertz CT molecular complexity index is 1100. The minimum Gasteiger partial charge on any atom is -0.467 e. The van der Waals surface area contributed by atoms with E-state index in [0.717, 1.165) is 0 Å². The molecule has 3 aliphatic heterocycles. The molecule has 4 aliphatic rings. The summed E-state index contributed by atoms with van der Waals surface area (Å²) in [6, 6.07) is -3.94. The molecule has 4 rings (SSSR count). The first-order valence-electron chi connectivity index (χ1n) is 16.8. The Kier molecular flexibility index (Phi) is 15.5. The SMILES string of the molecule is NCC[C@H](O)C(=O)N[C@@H]1C[C@H](N)[C@@H](O[C@H]2OC(CNCCO)=CC[C@H]2N)[C@H](O[C@@H]2O[C@H](CO)[C@@H](O[C@H]3O[C@@H](CN)[C@@H](O)[C@H](O)[C@H]3N)[C@H]2O)[C@H]1O. The second-order valence-corrected chi connectivity index (χ2v) is 12.9. The average Bonchev–Trinajstić information content (AvgIpc) is 3.39. The molecule has 19 N–H and O–H groups in total. The molecule has 21 heteroatoms. The fourth-order valence-electron chi connectivity index (χ4n) is 6.35. The molecular weight excluding hydrogens is 670 g/mol. The topological polar surface area (TPSA) is 368 Å². The Morgan fingerprint density at radius 1 is 0.880 bits per heavy atom. The summed E-state index contributed by atoms with van der Waals surface area (Å²) < 4.78 is 35.6. The molecule has 50 heavy (non-hydrogen) atoms. The van der Waals surface area contributed by atoms with Crippen LogP contribution in [0.1, 0.15) is 19.3 Å². The summed E-state index contributed by atoms with van der Waals surface area (Å²) in [7, 11) is 0. The molecule has 1 amide bonds. The van der Waals surface area contributed by atoms with Gasteiger partial charge in [-0.2, -0.15) is 0 Å². The van der Waals surface area contributed by atoms with Crippen molar-refractivity contribution < 1.29 is 69.0 Å². The number of hydrogen-bond donors (Lipinski definition) is 14. The fourth-order valence-corrected chi connectivity index (χ4v) is 6.35. The second-order valence-electron chi connectivity index (χ2n) is 12.9. The minimum atomic E-state index is -1.66. The number of nitrogens with two attached hydrogens (primary N) is 5. The van der Waals surface area contributed by atoms with Gasteiger partial charge in [0.25, 0.3) is 0 Å². The van der Waals surface area contributed by atoms with E-state index in [2.05, 4.69) is 10.6 Å². The van der Waals surface area contributed by atoms with Crippen molar-refractivity contribution in [2.24, 2.45) is 28.7 Å². The van der Waals surface area contributed by atoms with Crippen LogP contribution in [-0.2, 0) is 33.2 Å². The van der Waals surface area contributed by atoms with Gasteiger partial charge in [-0.15, -0.1) is 0 Å². The Labute approximate surface area is 288 Å². The zero-order chi connectivity index (χ0) is 36.7. The summed E-state index contributed by atoms with van der Waals surface area (Å²) in [5, 5.41) is 78.5. The van der Waals surface area contributed by atoms with Crippen LogP contribution in [-0.4, -0.2) is 185 Å². The largest absolute Gasteiger partial charge is 0.467 e. The van der Waals surface area contributed by atoms with Crippen molar-refractivity contribution in [3.8, 4) is 0 Å². The number of carbonyl (C=O) groups is 1. The van der Waals surface area contributed by atoms with Crippen LogP contribution in [0.5, 0.6) is 0 Å². The lowest BCUT2D eigenvalue weighted by Gasteiger charge is -2.46. The van der Waals surface area contributed by atoms with Gasteiger partial charge >= 0.3 is 0 Å². The fraction of sp³-hybridized carbons (Fsp3) is 0.897. The second kappa shape index (κ2) is 18.9. The van der Waals surface area contributed by atoms with Gasteiger partial charge in [0, 0.05) is 19.1 Å². The Morgan fingerprint density at radius 2 is 1.56 bits per heavy atom. The molecule has 0 radical (unpaired) electrons. The van der Waals surface area contributed by atoms with Gasteiger partial charge in [-0.3, -0.25) is 4.79 Å². The van der Waals surface area contributed by atoms with Crippen molar-refractivity contribution in [2.75, 3.05) is 39.4 Å². The highest BCUT2D eigenvalue weighted by Crippen LogP contribution is 2.34. The molecule has 17 atom stereocenters. The lowest BCUT2D eigenvalue weighted by molar-refractivity contribution is -0.282. The molecule has 3 fully saturated rings. The van der Waals surface area contributed by atoms with Gasteiger partial charge in [-0.05, 0) is 31.9 Å². The molecule has 2 saturated heterocycles. The van der Waals surface area contributed by atoms with Crippen molar-refractivity contribution >= 4 is 5.91 Å². The van der Waals surface area contributed by atoms with E-state index in [4.69, 9.17) is 62.2 Å². The number of aliphatic hydroxyl groups is 7. The van der Waals surface area contributed by atoms with E-state index in [9.17, 15) is 35.4 Å². The van der Waals surface area contributed by atoms with E-state index >= 15 is 0 Å². The number of hydrogen-bond acceptors (Lipinski definition) is 20. The smallest absolute Gasteiger partial charge is 0.249 e. The number of ether oxygens (including phenoxy) is 6. The highest BCUT2D eigenvalue weighted by atomic mass is 16.8. The first kappa shape index (κ1) is 41.1. The number of nitrogens with one attached hydrogen (secondary N) is 2. The van der Waals surface area contributed by atoms with Gasteiger partial charge < -0.3 is 103 Å². The van der Waals surface area contributed by atoms with E-state index in [1.54, 1.807) is 6.08 Å². The summed E-state index contributed by atoms with van der Waals surface area (Å²) in [6.07, 6.45) is -15.8. The van der Waals surface area contributed by atoms with Gasteiger partial charge in [-0.1, -0.05) is 0 Å². The standard InChI is InChI=1S/C29H55N7O14/c30-4-3-15(39)26(44)36-14-7-13(33)23(48-27-12(32)2-1-11(45-27)9-35-5-6-37)25(19(14)40)50-29-22(43)24(17(10-38)47-29)49-28-18(34)21(42)20(41)16(8-31)46-28/h1,12-25,27-29,35,37-43H,2-10,30-34H2,(H,36,44)/t12-,13+,14-,15+,16+,17-,18-,19+,20-,21-,22-,23-,24-,25-,27-,28-,29+/m1/s1. The van der Waals surface area contributed by atoms with Crippen LogP contribution in [0.4, 0.5) is 0 Å². The number of amides is 1. The van der Waals surface area contributed by atoms with Gasteiger partial charge in [0.15, 0.2) is 12.6 Å². The van der Waals surface area contributed by atoms with Crippen molar-refractivity contribution in [1.82, 2.24) is 10.6 Å². The third-order valence-corrected chi connectivity index (χ3v) is 9.24. The highest BCUT2D eigenvalue weighted by Gasteiger charge is 2.54. The normalized spacial score (nSPS) is 42.8. The minimum absolute atomic E-state index is 0.0330. The summed E-state index contributed by atoms with van der Waals surface area (Å²) in [5.41, 5.74) is 30.0. The summed E-state index contributed by atoms with van der Waals surface area (Å²) in [5.74, 6) is -0.310. The monoisotopic (exact) mass is 725 g/mol. The molecule has 1 saturated carbocycles. The van der Waals surface area contributed by atoms with Crippen LogP contribution in [0.15, 0.2) is 11.8 Å². The lowest BCUT2D eigenvalue weighted by Crippen LogP contribution is -2.67. The van der Waals surface area contributed by atoms with E-state index < -0.39 is 117 Å². The Morgan fingerprint density at radius 3 is 2.22 bits per heavy atom. The molecule has 0 unspecified atom stereocenters. The molecule has 290 valence electrons. The van der Waals surface area contributed by atoms with Crippen molar-refractivity contribution in [2.45, 2.75) is 123 Å². The molecule has 0 aromatic carbocycles. The lowest BCUT2D eigenvalue weighted by atomic mass is 9.83. The van der Waals surface area contributed by atoms with E-state index in [0.29, 0.717) is 18.7 Å². The Balaban J connectivity index is 1.54. The van der Waals surface area contributed by atoms with E-state index in [-0.39, 0.29) is 39.1 Å². The third-order valence-electron chi connectivity index (χ3n) is 9.24. The molecule has 3 heterocycles. The maximum atomic E-state index is 12.7. The predicted octanol–water partition coefficient (Wildman–Crippen LogP) is -8.22. The van der Waals surface area contributed by atoms with E-state index in [1.165, 1.54) is 0 Å². The summed E-state index contributed by atoms with van der Waals surface area (Å²) in [4.78, 5) is 12.7. The summed E-state index contributed by atoms with van der Waals surface area (Å²) >= 11 is 0.